The number of carbonyl (C=O) groups excluding carboxylic acids is 2. The maximum absolute atomic E-state index is 14.6. The Balaban J connectivity index is 1.56. The van der Waals surface area contributed by atoms with Crippen molar-refractivity contribution in [3.05, 3.63) is 126 Å². The van der Waals surface area contributed by atoms with Crippen molar-refractivity contribution < 1.29 is 22.7 Å². The molecule has 4 aromatic carbocycles. The molecule has 9 heteroatoms. The van der Waals surface area contributed by atoms with Crippen molar-refractivity contribution >= 4 is 27.5 Å². The Morgan fingerprint density at radius 3 is 2.13 bits per heavy atom. The lowest BCUT2D eigenvalue weighted by molar-refractivity contribution is -0.140. The van der Waals surface area contributed by atoms with Crippen LogP contribution in [-0.2, 0) is 32.6 Å². The second kappa shape index (κ2) is 15.1. The normalized spacial score (nSPS) is 14.0. The van der Waals surface area contributed by atoms with E-state index in [2.05, 4.69) is 5.32 Å². The molecule has 46 heavy (non-hydrogen) atoms. The van der Waals surface area contributed by atoms with Crippen LogP contribution in [0.1, 0.15) is 42.4 Å². The molecule has 1 aliphatic rings. The highest BCUT2D eigenvalue weighted by molar-refractivity contribution is 7.92. The van der Waals surface area contributed by atoms with Crippen LogP contribution in [0.25, 0.3) is 0 Å². The third kappa shape index (κ3) is 8.14. The van der Waals surface area contributed by atoms with E-state index in [0.29, 0.717) is 11.4 Å². The molecule has 0 aromatic heterocycles. The van der Waals surface area contributed by atoms with Crippen LogP contribution in [0.4, 0.5) is 5.69 Å². The van der Waals surface area contributed by atoms with Crippen molar-refractivity contribution in [2.75, 3.05) is 18.0 Å². The van der Waals surface area contributed by atoms with E-state index in [1.807, 2.05) is 73.7 Å². The average molecular weight is 640 g/mol. The Morgan fingerprint density at radius 2 is 1.48 bits per heavy atom. The maximum atomic E-state index is 14.6. The van der Waals surface area contributed by atoms with E-state index < -0.39 is 28.5 Å². The van der Waals surface area contributed by atoms with Crippen LogP contribution in [-0.4, -0.2) is 50.9 Å². The fourth-order valence-electron chi connectivity index (χ4n) is 5.85. The van der Waals surface area contributed by atoms with Crippen LogP contribution in [0.5, 0.6) is 5.75 Å². The zero-order chi connectivity index (χ0) is 32.5. The van der Waals surface area contributed by atoms with Gasteiger partial charge in [-0.3, -0.25) is 13.9 Å². The molecule has 1 saturated carbocycles. The number of sulfonamides is 1. The summed E-state index contributed by atoms with van der Waals surface area (Å²) in [5, 5.41) is 3.20. The predicted molar refractivity (Wildman–Crippen MR) is 180 cm³/mol. The Morgan fingerprint density at radius 1 is 0.848 bits per heavy atom. The van der Waals surface area contributed by atoms with E-state index in [0.717, 1.165) is 46.7 Å². The van der Waals surface area contributed by atoms with Crippen LogP contribution in [0.2, 0.25) is 0 Å². The molecular weight excluding hydrogens is 598 g/mol. The number of ether oxygens (including phenoxy) is 1. The first-order chi connectivity index (χ1) is 22.2. The molecule has 0 aliphatic heterocycles. The summed E-state index contributed by atoms with van der Waals surface area (Å²) in [6.45, 7) is 1.50. The maximum Gasteiger partial charge on any atom is 0.264 e. The van der Waals surface area contributed by atoms with E-state index in [-0.39, 0.29) is 29.8 Å². The van der Waals surface area contributed by atoms with E-state index in [4.69, 9.17) is 4.74 Å². The minimum absolute atomic E-state index is 0.0436. The highest BCUT2D eigenvalue weighted by atomic mass is 32.2. The number of benzene rings is 4. The van der Waals surface area contributed by atoms with Crippen LogP contribution < -0.4 is 14.4 Å². The Bertz CT molecular complexity index is 1710. The standard InChI is InChI=1S/C37H41N3O5S/c1-28-20-22-32(23-21-28)40(46(43,44)34-18-7-4-8-19-34)27-36(41)39(26-30-14-11-17-33(24-30)45-2)35(25-29-12-5-3-6-13-29)37(42)38-31-15-9-10-16-31/h3-8,11-14,17-24,31,35H,9-10,15-16,25-27H2,1-2H3,(H,38,42)/t35-/m0/s1. The summed E-state index contributed by atoms with van der Waals surface area (Å²) < 4.78 is 34.8. The molecule has 0 spiro atoms. The molecule has 0 bridgehead atoms. The number of amides is 2. The highest BCUT2D eigenvalue weighted by Crippen LogP contribution is 2.26. The number of hydrogen-bond acceptors (Lipinski definition) is 5. The van der Waals surface area contributed by atoms with Gasteiger partial charge in [0, 0.05) is 19.0 Å². The summed E-state index contributed by atoms with van der Waals surface area (Å²) in [6.07, 6.45) is 4.15. The number of carbonyl (C=O) groups is 2. The molecule has 1 aliphatic carbocycles. The minimum atomic E-state index is -4.14. The molecule has 4 aromatic rings. The second-order valence-corrected chi connectivity index (χ2v) is 13.6. The van der Waals surface area contributed by atoms with E-state index in [1.165, 1.54) is 17.0 Å². The summed E-state index contributed by atoms with van der Waals surface area (Å²) in [6, 6.07) is 31.2. The molecule has 1 fully saturated rings. The van der Waals surface area contributed by atoms with Crippen molar-refractivity contribution in [3.63, 3.8) is 0 Å². The number of aryl methyl sites for hydroxylation is 1. The van der Waals surface area contributed by atoms with Gasteiger partial charge in [0.15, 0.2) is 0 Å². The molecule has 2 amide bonds. The van der Waals surface area contributed by atoms with Gasteiger partial charge in [0.25, 0.3) is 10.0 Å². The Hall–Kier alpha value is -4.63. The van der Waals surface area contributed by atoms with Crippen LogP contribution in [0.15, 0.2) is 114 Å². The second-order valence-electron chi connectivity index (χ2n) is 11.7. The van der Waals surface area contributed by atoms with Crippen molar-refractivity contribution in [1.82, 2.24) is 10.2 Å². The molecule has 0 unspecified atom stereocenters. The Kier molecular flexibility index (Phi) is 10.8. The number of nitrogens with zero attached hydrogens (tertiary/aromatic N) is 2. The SMILES string of the molecule is COc1cccc(CN(C(=O)CN(c2ccc(C)cc2)S(=O)(=O)c2ccccc2)[C@@H](Cc2ccccc2)C(=O)NC2CCCC2)c1. The third-order valence-electron chi connectivity index (χ3n) is 8.39. The smallest absolute Gasteiger partial charge is 0.264 e. The van der Waals surface area contributed by atoms with Gasteiger partial charge in [0.05, 0.1) is 17.7 Å². The molecule has 5 rings (SSSR count). The molecule has 240 valence electrons. The fourth-order valence-corrected chi connectivity index (χ4v) is 7.28. The van der Waals surface area contributed by atoms with E-state index in [9.17, 15) is 18.0 Å². The summed E-state index contributed by atoms with van der Waals surface area (Å²) in [7, 11) is -2.56. The van der Waals surface area contributed by atoms with Crippen molar-refractivity contribution in [2.24, 2.45) is 0 Å². The van der Waals surface area contributed by atoms with Gasteiger partial charge in [-0.05, 0) is 67.3 Å². The number of nitrogens with one attached hydrogen (secondary N) is 1. The Labute approximate surface area is 272 Å². The summed E-state index contributed by atoms with van der Waals surface area (Å²) in [5.41, 5.74) is 2.97. The summed E-state index contributed by atoms with van der Waals surface area (Å²) in [4.78, 5) is 30.3. The van der Waals surface area contributed by atoms with Crippen LogP contribution >= 0.6 is 0 Å². The fraction of sp³-hybridized carbons (Fsp3) is 0.297. The van der Waals surface area contributed by atoms with Gasteiger partial charge >= 0.3 is 0 Å². The monoisotopic (exact) mass is 639 g/mol. The largest absolute Gasteiger partial charge is 0.497 e. The first-order valence-electron chi connectivity index (χ1n) is 15.7. The average Bonchev–Trinajstić information content (AvgIpc) is 3.59. The summed E-state index contributed by atoms with van der Waals surface area (Å²) >= 11 is 0. The van der Waals surface area contributed by atoms with Crippen molar-refractivity contribution in [3.8, 4) is 5.75 Å². The molecule has 1 atom stereocenters. The molecular formula is C37H41N3O5S. The number of hydrogen-bond donors (Lipinski definition) is 1. The van der Waals surface area contributed by atoms with E-state index in [1.54, 1.807) is 37.4 Å². The van der Waals surface area contributed by atoms with Gasteiger partial charge in [0.1, 0.15) is 18.3 Å². The lowest BCUT2D eigenvalue weighted by atomic mass is 10.0. The van der Waals surface area contributed by atoms with Crippen molar-refractivity contribution in [1.29, 1.82) is 0 Å². The van der Waals surface area contributed by atoms with Gasteiger partial charge < -0.3 is 15.0 Å². The molecule has 8 nitrogen and oxygen atoms in total. The van der Waals surface area contributed by atoms with Crippen LogP contribution in [0, 0.1) is 6.92 Å². The number of methoxy groups -OCH3 is 1. The lowest BCUT2D eigenvalue weighted by Crippen LogP contribution is -2.54. The number of anilines is 1. The first-order valence-corrected chi connectivity index (χ1v) is 17.1. The summed E-state index contributed by atoms with van der Waals surface area (Å²) in [5.74, 6) is -0.127. The van der Waals surface area contributed by atoms with Crippen LogP contribution in [0.3, 0.4) is 0 Å². The highest BCUT2D eigenvalue weighted by Gasteiger charge is 2.35. The van der Waals surface area contributed by atoms with E-state index >= 15 is 0 Å². The minimum Gasteiger partial charge on any atom is -0.497 e. The van der Waals surface area contributed by atoms with Gasteiger partial charge in [0.2, 0.25) is 11.8 Å². The predicted octanol–water partition coefficient (Wildman–Crippen LogP) is 5.90. The topological polar surface area (TPSA) is 96.0 Å². The molecule has 0 heterocycles. The molecule has 0 radical (unpaired) electrons. The zero-order valence-electron chi connectivity index (χ0n) is 26.3. The third-order valence-corrected chi connectivity index (χ3v) is 10.2. The van der Waals surface area contributed by atoms with Gasteiger partial charge in [-0.2, -0.15) is 0 Å². The van der Waals surface area contributed by atoms with Gasteiger partial charge in [-0.1, -0.05) is 91.2 Å². The zero-order valence-corrected chi connectivity index (χ0v) is 27.2. The van der Waals surface area contributed by atoms with Gasteiger partial charge in [-0.25, -0.2) is 8.42 Å². The first kappa shape index (κ1) is 32.8. The lowest BCUT2D eigenvalue weighted by Gasteiger charge is -2.34. The quantitative estimate of drug-likeness (QED) is 0.197. The van der Waals surface area contributed by atoms with Gasteiger partial charge in [-0.15, -0.1) is 0 Å². The molecule has 0 saturated heterocycles. The molecule has 1 N–H and O–H groups in total. The number of rotatable bonds is 13. The van der Waals surface area contributed by atoms with Crippen molar-refractivity contribution in [2.45, 2.75) is 62.6 Å².